The Morgan fingerprint density at radius 1 is 0.667 bits per heavy atom. The summed E-state index contributed by atoms with van der Waals surface area (Å²) < 4.78 is 37.5. The molecule has 0 spiro atoms. The second-order valence-corrected chi connectivity index (χ2v) is 11.7. The van der Waals surface area contributed by atoms with Crippen LogP contribution in [0.2, 0.25) is 0 Å². The summed E-state index contributed by atoms with van der Waals surface area (Å²) in [5.41, 5.74) is 2.87. The van der Waals surface area contributed by atoms with Crippen LogP contribution < -0.4 is 20.1 Å². The van der Waals surface area contributed by atoms with Crippen LogP contribution in [0.1, 0.15) is 22.3 Å². The molecule has 0 saturated heterocycles. The number of rotatable bonds is 3. The first-order chi connectivity index (χ1) is 17.1. The van der Waals surface area contributed by atoms with E-state index < -0.39 is 25.8 Å². The Bertz CT molecular complexity index is 1650. The third-order valence-electron chi connectivity index (χ3n) is 6.32. The summed E-state index contributed by atoms with van der Waals surface area (Å²) in [6, 6.07) is 22.5. The molecule has 0 saturated carbocycles. The molecule has 181 valence electrons. The Balaban J connectivity index is 1.66. The molecule has 1 radical (unpaired) electrons. The summed E-state index contributed by atoms with van der Waals surface area (Å²) in [5, 5.41) is -1.61. The number of hydrogen-bond acceptors (Lipinski definition) is 4. The zero-order valence-electron chi connectivity index (χ0n) is 18.6. The third kappa shape index (κ3) is 3.80. The van der Waals surface area contributed by atoms with Gasteiger partial charge in [-0.3, -0.25) is 9.13 Å². The van der Waals surface area contributed by atoms with E-state index in [1.165, 1.54) is 0 Å². The van der Waals surface area contributed by atoms with Crippen molar-refractivity contribution in [3.05, 3.63) is 95.1 Å². The minimum Gasteiger partial charge on any atom is -0.457 e. The van der Waals surface area contributed by atoms with Crippen LogP contribution in [0.4, 0.5) is 0 Å². The van der Waals surface area contributed by atoms with Crippen molar-refractivity contribution in [3.8, 4) is 34.1 Å². The Hall–Kier alpha value is -3.22. The smallest absolute Gasteiger partial charge is 0.360 e. The third-order valence-corrected chi connectivity index (χ3v) is 8.54. The van der Waals surface area contributed by atoms with Gasteiger partial charge in [-0.1, -0.05) is 48.5 Å². The van der Waals surface area contributed by atoms with Crippen molar-refractivity contribution in [2.24, 2.45) is 0 Å². The van der Waals surface area contributed by atoms with E-state index in [1.54, 1.807) is 30.3 Å². The molecule has 4 aromatic carbocycles. The maximum atomic E-state index is 12.8. The van der Waals surface area contributed by atoms with Crippen molar-refractivity contribution >= 4 is 25.8 Å². The SMILES string of the molecule is O=P(O)(O)c1c(-c2cccc3c2Cc2ccccc2O3)[c]c2c(c1P(=O)(O)O)Oc1ccccc1C2. The Kier molecular flexibility index (Phi) is 5.25. The van der Waals surface area contributed by atoms with Crippen molar-refractivity contribution in [1.29, 1.82) is 0 Å². The first-order valence-electron chi connectivity index (χ1n) is 11.0. The van der Waals surface area contributed by atoms with Gasteiger partial charge >= 0.3 is 15.2 Å². The molecule has 8 nitrogen and oxygen atoms in total. The van der Waals surface area contributed by atoms with Gasteiger partial charge in [0.05, 0.1) is 5.30 Å². The molecule has 2 aliphatic heterocycles. The van der Waals surface area contributed by atoms with Gasteiger partial charge in [-0.25, -0.2) is 0 Å². The maximum absolute atomic E-state index is 12.8. The molecule has 4 aromatic rings. The highest BCUT2D eigenvalue weighted by Gasteiger charge is 2.41. The van der Waals surface area contributed by atoms with Gasteiger partial charge in [0.25, 0.3) is 0 Å². The molecule has 4 N–H and O–H groups in total. The summed E-state index contributed by atoms with van der Waals surface area (Å²) in [6.45, 7) is 0. The van der Waals surface area contributed by atoms with Gasteiger partial charge in [0.15, 0.2) is 0 Å². The molecule has 0 unspecified atom stereocenters. The standard InChI is InChI=1S/C26H19O8P2/c27-35(28,29)25-20(18-8-5-11-23-19(18)13-16-7-2-3-9-21(16)33-23)14-17-12-15-6-1-4-10-22(15)34-24(17)26(25)36(30,31)32/h1-11H,12-13H2,(H2,27,28,29)(H2,30,31,32). The van der Waals surface area contributed by atoms with Crippen molar-refractivity contribution < 1.29 is 38.2 Å². The largest absolute Gasteiger partial charge is 0.457 e. The Labute approximate surface area is 206 Å². The fraction of sp³-hybridized carbons (Fsp3) is 0.0769. The topological polar surface area (TPSA) is 134 Å². The molecule has 6 rings (SSSR count). The summed E-state index contributed by atoms with van der Waals surface area (Å²) in [4.78, 5) is 41.4. The highest BCUT2D eigenvalue weighted by molar-refractivity contribution is 7.67. The molecular weight excluding hydrogens is 502 g/mol. The predicted octanol–water partition coefficient (Wildman–Crippen LogP) is 4.15. The normalized spacial score (nSPS) is 14.0. The van der Waals surface area contributed by atoms with Crippen LogP contribution in [-0.2, 0) is 22.0 Å². The van der Waals surface area contributed by atoms with Crippen molar-refractivity contribution in [1.82, 2.24) is 0 Å². The van der Waals surface area contributed by atoms with Crippen LogP contribution in [0, 0.1) is 6.07 Å². The number of benzene rings is 4. The molecule has 0 aliphatic carbocycles. The van der Waals surface area contributed by atoms with Gasteiger partial charge < -0.3 is 29.0 Å². The van der Waals surface area contributed by atoms with Gasteiger partial charge in [0.2, 0.25) is 0 Å². The second kappa shape index (κ2) is 8.15. The van der Waals surface area contributed by atoms with Crippen molar-refractivity contribution in [3.63, 3.8) is 0 Å². The summed E-state index contributed by atoms with van der Waals surface area (Å²) in [5.74, 6) is 1.26. The molecule has 0 amide bonds. The minimum absolute atomic E-state index is 0.0804. The lowest BCUT2D eigenvalue weighted by Gasteiger charge is -2.28. The second-order valence-electron chi connectivity index (χ2n) is 8.65. The molecule has 10 heteroatoms. The average molecular weight is 521 g/mol. The quantitative estimate of drug-likeness (QED) is 0.255. The fourth-order valence-electron chi connectivity index (χ4n) is 4.80. The van der Waals surface area contributed by atoms with E-state index in [-0.39, 0.29) is 17.7 Å². The number of para-hydroxylation sites is 2. The van der Waals surface area contributed by atoms with E-state index in [9.17, 15) is 28.7 Å². The van der Waals surface area contributed by atoms with Gasteiger partial charge in [-0.15, -0.1) is 0 Å². The van der Waals surface area contributed by atoms with E-state index >= 15 is 0 Å². The van der Waals surface area contributed by atoms with Gasteiger partial charge in [0.1, 0.15) is 28.3 Å². The lowest BCUT2D eigenvalue weighted by atomic mass is 9.90. The summed E-state index contributed by atoms with van der Waals surface area (Å²) in [7, 11) is -10.5. The van der Waals surface area contributed by atoms with Crippen LogP contribution in [0.25, 0.3) is 11.1 Å². The van der Waals surface area contributed by atoms with Crippen LogP contribution in [0.5, 0.6) is 23.0 Å². The summed E-state index contributed by atoms with van der Waals surface area (Å²) in [6.07, 6.45) is 0.624. The van der Waals surface area contributed by atoms with E-state index in [1.807, 2.05) is 36.4 Å². The zero-order chi connectivity index (χ0) is 25.2. The molecule has 36 heavy (non-hydrogen) atoms. The average Bonchev–Trinajstić information content (AvgIpc) is 2.83. The minimum atomic E-state index is -5.23. The van der Waals surface area contributed by atoms with Crippen LogP contribution in [0.15, 0.2) is 66.7 Å². The van der Waals surface area contributed by atoms with Gasteiger partial charge in [-0.2, -0.15) is 0 Å². The maximum Gasteiger partial charge on any atom is 0.360 e. The van der Waals surface area contributed by atoms with Crippen LogP contribution in [-0.4, -0.2) is 19.6 Å². The lowest BCUT2D eigenvalue weighted by molar-refractivity contribution is 0.378. The Morgan fingerprint density at radius 2 is 1.25 bits per heavy atom. The Morgan fingerprint density at radius 3 is 1.92 bits per heavy atom. The molecular formula is C26H19O8P2. The van der Waals surface area contributed by atoms with E-state index in [0.717, 1.165) is 11.1 Å². The van der Waals surface area contributed by atoms with Crippen LogP contribution >= 0.6 is 15.2 Å². The zero-order valence-corrected chi connectivity index (χ0v) is 20.4. The molecule has 0 aromatic heterocycles. The highest BCUT2D eigenvalue weighted by Crippen LogP contribution is 2.51. The van der Waals surface area contributed by atoms with Gasteiger partial charge in [0, 0.05) is 29.5 Å². The van der Waals surface area contributed by atoms with E-state index in [2.05, 4.69) is 6.07 Å². The first kappa shape index (κ1) is 23.2. The monoisotopic (exact) mass is 521 g/mol. The molecule has 2 aliphatic rings. The fourth-order valence-corrected chi connectivity index (χ4v) is 7.26. The number of hydrogen-bond donors (Lipinski definition) is 4. The van der Waals surface area contributed by atoms with E-state index in [0.29, 0.717) is 40.4 Å². The summed E-state index contributed by atoms with van der Waals surface area (Å²) >= 11 is 0. The number of fused-ring (bicyclic) bond motifs is 4. The highest BCUT2D eigenvalue weighted by atomic mass is 31.2. The molecule has 0 fully saturated rings. The molecule has 2 heterocycles. The van der Waals surface area contributed by atoms with E-state index in [4.69, 9.17) is 9.47 Å². The molecule has 0 atom stereocenters. The van der Waals surface area contributed by atoms with Gasteiger partial charge in [-0.05, 0) is 41.0 Å². The van der Waals surface area contributed by atoms with Crippen LogP contribution in [0.3, 0.4) is 0 Å². The lowest BCUT2D eigenvalue weighted by Crippen LogP contribution is -2.31. The number of ether oxygens (including phenoxy) is 2. The predicted molar refractivity (Wildman–Crippen MR) is 133 cm³/mol. The first-order valence-corrected chi connectivity index (χ1v) is 14.2. The molecule has 0 bridgehead atoms. The van der Waals surface area contributed by atoms with Crippen molar-refractivity contribution in [2.45, 2.75) is 12.8 Å². The van der Waals surface area contributed by atoms with Crippen molar-refractivity contribution in [2.75, 3.05) is 0 Å².